The second kappa shape index (κ2) is 7.92. The highest BCUT2D eigenvalue weighted by Crippen LogP contribution is 2.26. The number of aryl methyl sites for hydroxylation is 1. The van der Waals surface area contributed by atoms with Crippen LogP contribution in [0.4, 0.5) is 11.4 Å². The molecule has 0 bridgehead atoms. The van der Waals surface area contributed by atoms with E-state index < -0.39 is 10.8 Å². The lowest BCUT2D eigenvalue weighted by molar-refractivity contribution is -0.384. The summed E-state index contributed by atoms with van der Waals surface area (Å²) in [6.07, 6.45) is 0. The van der Waals surface area contributed by atoms with Gasteiger partial charge in [0.15, 0.2) is 5.76 Å². The SMILES string of the molecule is Cc1ccc(NC(=O)c2ccc(COc3ccc(Cl)cc3)o2)c([N+](=O)[O-])c1. The maximum Gasteiger partial charge on any atom is 0.293 e. The fraction of sp³-hybridized carbons (Fsp3) is 0.105. The van der Waals surface area contributed by atoms with E-state index in [-0.39, 0.29) is 23.7 Å². The smallest absolute Gasteiger partial charge is 0.293 e. The van der Waals surface area contributed by atoms with Crippen LogP contribution in [0.1, 0.15) is 21.9 Å². The van der Waals surface area contributed by atoms with Crippen LogP contribution in [0.25, 0.3) is 0 Å². The van der Waals surface area contributed by atoms with Gasteiger partial charge in [0.2, 0.25) is 0 Å². The molecule has 1 N–H and O–H groups in total. The number of benzene rings is 2. The van der Waals surface area contributed by atoms with Gasteiger partial charge in [-0.25, -0.2) is 0 Å². The third kappa shape index (κ3) is 4.65. The molecule has 3 aromatic rings. The van der Waals surface area contributed by atoms with E-state index in [0.717, 1.165) is 5.56 Å². The van der Waals surface area contributed by atoms with Crippen LogP contribution in [-0.4, -0.2) is 10.8 Å². The first kappa shape index (κ1) is 18.5. The Hall–Kier alpha value is -3.32. The number of amides is 1. The molecule has 0 saturated carbocycles. The Morgan fingerprint density at radius 1 is 1.19 bits per heavy atom. The highest BCUT2D eigenvalue weighted by atomic mass is 35.5. The maximum atomic E-state index is 12.3. The van der Waals surface area contributed by atoms with Gasteiger partial charge in [-0.3, -0.25) is 14.9 Å². The Morgan fingerprint density at radius 2 is 1.93 bits per heavy atom. The molecule has 3 rings (SSSR count). The van der Waals surface area contributed by atoms with E-state index in [9.17, 15) is 14.9 Å². The third-order valence-electron chi connectivity index (χ3n) is 3.68. The van der Waals surface area contributed by atoms with Gasteiger partial charge in [0.05, 0.1) is 4.92 Å². The number of nitro groups is 1. The van der Waals surface area contributed by atoms with E-state index in [1.807, 2.05) is 0 Å². The Labute approximate surface area is 159 Å². The number of nitrogens with zero attached hydrogens (tertiary/aromatic N) is 1. The number of halogens is 1. The Kier molecular flexibility index (Phi) is 5.42. The molecule has 1 heterocycles. The minimum Gasteiger partial charge on any atom is -0.486 e. The molecule has 8 heteroatoms. The predicted octanol–water partition coefficient (Wildman–Crippen LogP) is 4.98. The van der Waals surface area contributed by atoms with Crippen LogP contribution in [0.15, 0.2) is 59.0 Å². The predicted molar refractivity (Wildman–Crippen MR) is 100 cm³/mol. The molecule has 27 heavy (non-hydrogen) atoms. The van der Waals surface area contributed by atoms with Crippen molar-refractivity contribution >= 4 is 28.9 Å². The van der Waals surface area contributed by atoms with E-state index >= 15 is 0 Å². The number of hydrogen-bond acceptors (Lipinski definition) is 5. The number of carbonyl (C=O) groups excluding carboxylic acids is 1. The van der Waals surface area contributed by atoms with Gasteiger partial charge in [-0.2, -0.15) is 0 Å². The summed E-state index contributed by atoms with van der Waals surface area (Å²) < 4.78 is 11.0. The topological polar surface area (TPSA) is 94.6 Å². The van der Waals surface area contributed by atoms with Crippen molar-refractivity contribution in [3.63, 3.8) is 0 Å². The molecule has 0 aliphatic rings. The molecule has 0 saturated heterocycles. The van der Waals surface area contributed by atoms with E-state index in [0.29, 0.717) is 16.5 Å². The minimum absolute atomic E-state index is 0.0274. The van der Waals surface area contributed by atoms with Crippen molar-refractivity contribution in [1.82, 2.24) is 0 Å². The van der Waals surface area contributed by atoms with Gasteiger partial charge in [0.1, 0.15) is 23.8 Å². The molecule has 0 unspecified atom stereocenters. The minimum atomic E-state index is -0.584. The summed E-state index contributed by atoms with van der Waals surface area (Å²) in [5.41, 5.74) is 0.645. The number of hydrogen-bond donors (Lipinski definition) is 1. The zero-order valence-electron chi connectivity index (χ0n) is 14.3. The molecule has 2 aromatic carbocycles. The van der Waals surface area contributed by atoms with Crippen molar-refractivity contribution in [2.24, 2.45) is 0 Å². The number of nitro benzene ring substituents is 1. The molecule has 0 spiro atoms. The molecule has 0 aliphatic carbocycles. The monoisotopic (exact) mass is 386 g/mol. The number of rotatable bonds is 6. The van der Waals surface area contributed by atoms with Gasteiger partial charge >= 0.3 is 0 Å². The van der Waals surface area contributed by atoms with Gasteiger partial charge in [0, 0.05) is 11.1 Å². The third-order valence-corrected chi connectivity index (χ3v) is 3.93. The summed E-state index contributed by atoms with van der Waals surface area (Å²) in [4.78, 5) is 22.9. The molecule has 1 aromatic heterocycles. The van der Waals surface area contributed by atoms with E-state index in [1.165, 1.54) is 18.2 Å². The first-order valence-corrected chi connectivity index (χ1v) is 8.33. The Bertz CT molecular complexity index is 982. The number of carbonyl (C=O) groups is 1. The molecule has 0 radical (unpaired) electrons. The number of nitrogens with one attached hydrogen (secondary N) is 1. The number of ether oxygens (including phenoxy) is 1. The molecular formula is C19H15ClN2O5. The van der Waals surface area contributed by atoms with Crippen molar-refractivity contribution in [2.75, 3.05) is 5.32 Å². The standard InChI is InChI=1S/C19H15ClN2O5/c1-12-2-8-16(17(10-12)22(24)25)21-19(23)18-9-7-15(27-18)11-26-14-5-3-13(20)4-6-14/h2-10H,11H2,1H3,(H,21,23). The molecule has 0 fully saturated rings. The highest BCUT2D eigenvalue weighted by molar-refractivity contribution is 6.30. The van der Waals surface area contributed by atoms with E-state index in [2.05, 4.69) is 5.32 Å². The van der Waals surface area contributed by atoms with Gasteiger partial charge in [0.25, 0.3) is 11.6 Å². The first-order valence-electron chi connectivity index (χ1n) is 7.96. The van der Waals surface area contributed by atoms with Crippen molar-refractivity contribution in [1.29, 1.82) is 0 Å². The fourth-order valence-electron chi connectivity index (χ4n) is 2.35. The molecule has 138 valence electrons. The quantitative estimate of drug-likeness (QED) is 0.476. The van der Waals surface area contributed by atoms with Gasteiger partial charge in [-0.1, -0.05) is 17.7 Å². The summed E-state index contributed by atoms with van der Waals surface area (Å²) in [6, 6.07) is 14.5. The van der Waals surface area contributed by atoms with Crippen molar-refractivity contribution in [3.05, 3.63) is 86.8 Å². The normalized spacial score (nSPS) is 10.4. The second-order valence-electron chi connectivity index (χ2n) is 5.74. The highest BCUT2D eigenvalue weighted by Gasteiger charge is 2.18. The lowest BCUT2D eigenvalue weighted by Crippen LogP contribution is -2.12. The molecule has 7 nitrogen and oxygen atoms in total. The van der Waals surface area contributed by atoms with E-state index in [1.54, 1.807) is 43.3 Å². The summed E-state index contributed by atoms with van der Waals surface area (Å²) in [6.45, 7) is 1.86. The van der Waals surface area contributed by atoms with Gasteiger partial charge in [-0.15, -0.1) is 0 Å². The fourth-order valence-corrected chi connectivity index (χ4v) is 2.47. The van der Waals surface area contributed by atoms with Gasteiger partial charge < -0.3 is 14.5 Å². The molecular weight excluding hydrogens is 372 g/mol. The molecule has 0 atom stereocenters. The zero-order chi connectivity index (χ0) is 19.4. The zero-order valence-corrected chi connectivity index (χ0v) is 15.0. The largest absolute Gasteiger partial charge is 0.486 e. The second-order valence-corrected chi connectivity index (χ2v) is 6.18. The maximum absolute atomic E-state index is 12.3. The summed E-state index contributed by atoms with van der Waals surface area (Å²) in [5, 5.41) is 14.2. The Balaban J connectivity index is 1.66. The van der Waals surface area contributed by atoms with Crippen LogP contribution < -0.4 is 10.1 Å². The summed E-state index contributed by atoms with van der Waals surface area (Å²) >= 11 is 5.81. The van der Waals surface area contributed by atoms with Crippen LogP contribution in [0.2, 0.25) is 5.02 Å². The summed E-state index contributed by atoms with van der Waals surface area (Å²) in [5.74, 6) is 0.491. The van der Waals surface area contributed by atoms with Crippen LogP contribution in [0.5, 0.6) is 5.75 Å². The van der Waals surface area contributed by atoms with E-state index in [4.69, 9.17) is 20.8 Å². The molecule has 1 amide bonds. The number of anilines is 1. The van der Waals surface area contributed by atoms with Crippen LogP contribution in [-0.2, 0) is 6.61 Å². The van der Waals surface area contributed by atoms with Crippen molar-refractivity contribution < 1.29 is 18.9 Å². The van der Waals surface area contributed by atoms with Crippen LogP contribution in [0.3, 0.4) is 0 Å². The van der Waals surface area contributed by atoms with Crippen molar-refractivity contribution in [2.45, 2.75) is 13.5 Å². The Morgan fingerprint density at radius 3 is 2.63 bits per heavy atom. The van der Waals surface area contributed by atoms with Gasteiger partial charge in [-0.05, 0) is 55.0 Å². The lowest BCUT2D eigenvalue weighted by Gasteiger charge is -2.06. The molecule has 0 aliphatic heterocycles. The summed E-state index contributed by atoms with van der Waals surface area (Å²) in [7, 11) is 0. The first-order chi connectivity index (χ1) is 12.9. The average molecular weight is 387 g/mol. The lowest BCUT2D eigenvalue weighted by atomic mass is 10.2. The van der Waals surface area contributed by atoms with Crippen LogP contribution >= 0.6 is 11.6 Å². The van der Waals surface area contributed by atoms with Crippen molar-refractivity contribution in [3.8, 4) is 5.75 Å². The average Bonchev–Trinajstić information content (AvgIpc) is 3.12. The number of furan rings is 1. The van der Waals surface area contributed by atoms with Crippen LogP contribution in [0, 0.1) is 17.0 Å².